The second kappa shape index (κ2) is 6.84. The molecule has 1 saturated heterocycles. The Morgan fingerprint density at radius 2 is 2.12 bits per heavy atom. The number of morpholine rings is 1. The quantitative estimate of drug-likeness (QED) is 0.849. The van der Waals surface area contributed by atoms with E-state index in [1.54, 1.807) is 11.8 Å². The third kappa shape index (κ3) is 3.37. The van der Waals surface area contributed by atoms with Gasteiger partial charge in [-0.1, -0.05) is 12.1 Å². The molecule has 1 amide bonds. The standard InChI is InChI=1S/C18H21N3O4/c1-12-19-20-17(24-12)16-11-21(9-10-23-16)18(22)14-7-2-3-8-15(14)25-13-5-4-6-13/h2-3,7-8,13,16H,4-6,9-11H2,1H3/t16-/m0/s1. The lowest BCUT2D eigenvalue weighted by Gasteiger charge is -2.32. The van der Waals surface area contributed by atoms with Crippen molar-refractivity contribution in [3.63, 3.8) is 0 Å². The highest BCUT2D eigenvalue weighted by molar-refractivity contribution is 5.97. The van der Waals surface area contributed by atoms with Gasteiger partial charge in [-0.25, -0.2) is 0 Å². The van der Waals surface area contributed by atoms with E-state index in [-0.39, 0.29) is 12.0 Å². The van der Waals surface area contributed by atoms with E-state index in [0.717, 1.165) is 12.8 Å². The SMILES string of the molecule is Cc1nnc([C@@H]2CN(C(=O)c3ccccc3OC3CCC3)CCO2)o1. The van der Waals surface area contributed by atoms with Gasteiger partial charge >= 0.3 is 0 Å². The maximum atomic E-state index is 13.0. The van der Waals surface area contributed by atoms with Crippen LogP contribution in [0.1, 0.15) is 47.5 Å². The number of rotatable bonds is 4. The van der Waals surface area contributed by atoms with Crippen molar-refractivity contribution in [2.75, 3.05) is 19.7 Å². The Morgan fingerprint density at radius 3 is 2.84 bits per heavy atom. The van der Waals surface area contributed by atoms with Crippen LogP contribution >= 0.6 is 0 Å². The predicted molar refractivity (Wildman–Crippen MR) is 88.3 cm³/mol. The number of benzene rings is 1. The molecular weight excluding hydrogens is 322 g/mol. The molecule has 0 bridgehead atoms. The summed E-state index contributed by atoms with van der Waals surface area (Å²) in [5, 5.41) is 7.84. The van der Waals surface area contributed by atoms with Crippen molar-refractivity contribution in [3.05, 3.63) is 41.6 Å². The third-order valence-corrected chi connectivity index (χ3v) is 4.63. The van der Waals surface area contributed by atoms with Gasteiger partial charge in [0.1, 0.15) is 5.75 Å². The molecule has 1 saturated carbocycles. The minimum Gasteiger partial charge on any atom is -0.490 e. The minimum atomic E-state index is -0.390. The molecule has 2 heterocycles. The van der Waals surface area contributed by atoms with E-state index in [2.05, 4.69) is 10.2 Å². The normalized spacial score (nSPS) is 21.0. The lowest BCUT2D eigenvalue weighted by Crippen LogP contribution is -2.42. The number of amides is 1. The van der Waals surface area contributed by atoms with Crippen LogP contribution in [0.5, 0.6) is 5.75 Å². The number of hydrogen-bond acceptors (Lipinski definition) is 6. The smallest absolute Gasteiger partial charge is 0.257 e. The first kappa shape index (κ1) is 16.1. The summed E-state index contributed by atoms with van der Waals surface area (Å²) in [7, 11) is 0. The average molecular weight is 343 g/mol. The number of hydrogen-bond donors (Lipinski definition) is 0. The number of aryl methyl sites for hydroxylation is 1. The first-order valence-electron chi connectivity index (χ1n) is 8.67. The van der Waals surface area contributed by atoms with Gasteiger partial charge in [-0.3, -0.25) is 4.79 Å². The van der Waals surface area contributed by atoms with Gasteiger partial charge in [-0.15, -0.1) is 10.2 Å². The highest BCUT2D eigenvalue weighted by Gasteiger charge is 2.31. The number of para-hydroxylation sites is 1. The molecule has 1 aromatic heterocycles. The monoisotopic (exact) mass is 343 g/mol. The highest BCUT2D eigenvalue weighted by atomic mass is 16.5. The molecular formula is C18H21N3O4. The van der Waals surface area contributed by atoms with Crippen LogP contribution in [-0.2, 0) is 4.74 Å². The summed E-state index contributed by atoms with van der Waals surface area (Å²) in [6, 6.07) is 7.44. The zero-order chi connectivity index (χ0) is 17.2. The molecule has 2 fully saturated rings. The molecule has 2 aliphatic rings. The Labute approximate surface area is 145 Å². The van der Waals surface area contributed by atoms with Gasteiger partial charge in [0.15, 0.2) is 6.10 Å². The third-order valence-electron chi connectivity index (χ3n) is 4.63. The molecule has 1 aromatic carbocycles. The van der Waals surface area contributed by atoms with Gasteiger partial charge < -0.3 is 18.8 Å². The number of aromatic nitrogens is 2. The van der Waals surface area contributed by atoms with Crippen LogP contribution in [0.3, 0.4) is 0 Å². The van der Waals surface area contributed by atoms with E-state index >= 15 is 0 Å². The summed E-state index contributed by atoms with van der Waals surface area (Å²) in [5.41, 5.74) is 0.594. The number of ether oxygens (including phenoxy) is 2. The van der Waals surface area contributed by atoms with E-state index in [0.29, 0.717) is 42.8 Å². The van der Waals surface area contributed by atoms with Gasteiger partial charge in [-0.2, -0.15) is 0 Å². The molecule has 7 nitrogen and oxygen atoms in total. The van der Waals surface area contributed by atoms with Crippen LogP contribution in [0, 0.1) is 6.92 Å². The van der Waals surface area contributed by atoms with E-state index in [1.165, 1.54) is 6.42 Å². The zero-order valence-corrected chi connectivity index (χ0v) is 14.2. The molecule has 25 heavy (non-hydrogen) atoms. The van der Waals surface area contributed by atoms with Crippen LogP contribution in [-0.4, -0.2) is 46.8 Å². The molecule has 0 spiro atoms. The number of carbonyl (C=O) groups excluding carboxylic acids is 1. The highest BCUT2D eigenvalue weighted by Crippen LogP contribution is 2.29. The number of carbonyl (C=O) groups is 1. The fraction of sp³-hybridized carbons (Fsp3) is 0.500. The average Bonchev–Trinajstić information content (AvgIpc) is 3.04. The Balaban J connectivity index is 1.50. The van der Waals surface area contributed by atoms with Crippen LogP contribution in [0.25, 0.3) is 0 Å². The summed E-state index contributed by atoms with van der Waals surface area (Å²) in [5.74, 6) is 1.50. The van der Waals surface area contributed by atoms with Gasteiger partial charge in [0.25, 0.3) is 5.91 Å². The lowest BCUT2D eigenvalue weighted by atomic mass is 9.96. The Bertz CT molecular complexity index is 756. The van der Waals surface area contributed by atoms with Crippen molar-refractivity contribution in [2.45, 2.75) is 38.4 Å². The van der Waals surface area contributed by atoms with Crippen molar-refractivity contribution in [3.8, 4) is 5.75 Å². The van der Waals surface area contributed by atoms with Gasteiger partial charge in [0, 0.05) is 13.5 Å². The van der Waals surface area contributed by atoms with E-state index in [4.69, 9.17) is 13.9 Å². The molecule has 1 aliphatic heterocycles. The van der Waals surface area contributed by atoms with Crippen LogP contribution in [0.4, 0.5) is 0 Å². The second-order valence-electron chi connectivity index (χ2n) is 6.44. The maximum absolute atomic E-state index is 13.0. The minimum absolute atomic E-state index is 0.0561. The molecule has 1 atom stereocenters. The first-order chi connectivity index (χ1) is 12.2. The van der Waals surface area contributed by atoms with Crippen molar-refractivity contribution in [2.24, 2.45) is 0 Å². The van der Waals surface area contributed by atoms with Crippen molar-refractivity contribution in [1.82, 2.24) is 15.1 Å². The van der Waals surface area contributed by atoms with E-state index in [9.17, 15) is 4.79 Å². The van der Waals surface area contributed by atoms with Crippen molar-refractivity contribution < 1.29 is 18.7 Å². The Morgan fingerprint density at radius 1 is 1.28 bits per heavy atom. The van der Waals surface area contributed by atoms with E-state index < -0.39 is 6.10 Å². The first-order valence-corrected chi connectivity index (χ1v) is 8.67. The van der Waals surface area contributed by atoms with Crippen LogP contribution in [0.15, 0.2) is 28.7 Å². The second-order valence-corrected chi connectivity index (χ2v) is 6.44. The van der Waals surface area contributed by atoms with Gasteiger partial charge in [0.2, 0.25) is 11.8 Å². The molecule has 2 aromatic rings. The Hall–Kier alpha value is -2.41. The summed E-state index contributed by atoms with van der Waals surface area (Å²) < 4.78 is 17.1. The molecule has 7 heteroatoms. The van der Waals surface area contributed by atoms with Crippen LogP contribution in [0.2, 0.25) is 0 Å². The van der Waals surface area contributed by atoms with Gasteiger partial charge in [0.05, 0.1) is 24.8 Å². The zero-order valence-electron chi connectivity index (χ0n) is 14.2. The maximum Gasteiger partial charge on any atom is 0.257 e. The summed E-state index contributed by atoms with van der Waals surface area (Å²) in [6.45, 7) is 3.08. The van der Waals surface area contributed by atoms with Gasteiger partial charge in [-0.05, 0) is 31.4 Å². The fourth-order valence-corrected chi connectivity index (χ4v) is 3.01. The molecule has 132 valence electrons. The summed E-state index contributed by atoms with van der Waals surface area (Å²) in [4.78, 5) is 14.8. The van der Waals surface area contributed by atoms with Crippen LogP contribution < -0.4 is 4.74 Å². The van der Waals surface area contributed by atoms with E-state index in [1.807, 2.05) is 24.3 Å². The molecule has 0 unspecified atom stereocenters. The predicted octanol–water partition coefficient (Wildman–Crippen LogP) is 2.52. The molecule has 0 radical (unpaired) electrons. The van der Waals surface area contributed by atoms with Crippen molar-refractivity contribution >= 4 is 5.91 Å². The molecule has 0 N–H and O–H groups in total. The fourth-order valence-electron chi connectivity index (χ4n) is 3.01. The topological polar surface area (TPSA) is 77.7 Å². The lowest BCUT2D eigenvalue weighted by molar-refractivity contribution is -0.0350. The Kier molecular flexibility index (Phi) is 4.40. The molecule has 1 aliphatic carbocycles. The largest absolute Gasteiger partial charge is 0.490 e. The molecule has 4 rings (SSSR count). The van der Waals surface area contributed by atoms with Crippen molar-refractivity contribution in [1.29, 1.82) is 0 Å². The summed E-state index contributed by atoms with van der Waals surface area (Å²) in [6.07, 6.45) is 3.14. The summed E-state index contributed by atoms with van der Waals surface area (Å²) >= 11 is 0. The number of nitrogens with zero attached hydrogens (tertiary/aromatic N) is 3.